The van der Waals surface area contributed by atoms with Crippen LogP contribution < -0.4 is 29.9 Å². The molecule has 0 bridgehead atoms. The van der Waals surface area contributed by atoms with Gasteiger partial charge in [-0.15, -0.1) is 24.0 Å². The van der Waals surface area contributed by atoms with Gasteiger partial charge >= 0.3 is 0 Å². The van der Waals surface area contributed by atoms with Crippen LogP contribution in [0, 0.1) is 0 Å². The Bertz CT molecular complexity index is 867. The Morgan fingerprint density at radius 3 is 2.39 bits per heavy atom. The SMILES string of the molecule is CCN(CC)c1ccc(CNC(=NC)NC2CCN(c3cc(OC)cc(OC)c3)C2)cn1.I. The highest BCUT2D eigenvalue weighted by Gasteiger charge is 2.24. The van der Waals surface area contributed by atoms with Crippen molar-refractivity contribution >= 4 is 41.4 Å². The predicted molar refractivity (Wildman–Crippen MR) is 147 cm³/mol. The highest BCUT2D eigenvalue weighted by molar-refractivity contribution is 14.0. The molecule has 1 aliphatic heterocycles. The summed E-state index contributed by atoms with van der Waals surface area (Å²) in [5.74, 6) is 3.41. The molecule has 1 fully saturated rings. The van der Waals surface area contributed by atoms with Crippen LogP contribution in [0.1, 0.15) is 25.8 Å². The molecule has 3 rings (SSSR count). The third-order valence-electron chi connectivity index (χ3n) is 5.81. The van der Waals surface area contributed by atoms with E-state index in [-0.39, 0.29) is 24.0 Å². The number of aliphatic imine (C=N–C) groups is 1. The van der Waals surface area contributed by atoms with Crippen molar-refractivity contribution in [2.24, 2.45) is 4.99 Å². The molecule has 8 nitrogen and oxygen atoms in total. The maximum atomic E-state index is 5.41. The van der Waals surface area contributed by atoms with Crippen molar-refractivity contribution in [3.8, 4) is 11.5 Å². The Labute approximate surface area is 214 Å². The average molecular weight is 569 g/mol. The smallest absolute Gasteiger partial charge is 0.191 e. The zero-order valence-electron chi connectivity index (χ0n) is 20.3. The summed E-state index contributed by atoms with van der Waals surface area (Å²) in [7, 11) is 5.15. The van der Waals surface area contributed by atoms with Gasteiger partial charge in [-0.2, -0.15) is 0 Å². The van der Waals surface area contributed by atoms with Crippen LogP contribution in [0.5, 0.6) is 11.5 Å². The minimum absolute atomic E-state index is 0. The maximum absolute atomic E-state index is 5.41. The first-order valence-electron chi connectivity index (χ1n) is 11.2. The molecule has 0 amide bonds. The fraction of sp³-hybridized carbons (Fsp3) is 0.500. The maximum Gasteiger partial charge on any atom is 0.191 e. The number of rotatable bonds is 9. The Morgan fingerprint density at radius 1 is 1.15 bits per heavy atom. The standard InChI is InChI=1S/C24H36N6O2.HI/c1-6-29(7-2)23-9-8-18(15-26-23)16-27-24(25-3)28-19-10-11-30(17-19)20-12-21(31-4)14-22(13-20)32-5;/h8-9,12-15,19H,6-7,10-11,16-17H2,1-5H3,(H2,25,27,28);1H. The van der Waals surface area contributed by atoms with Crippen molar-refractivity contribution in [2.45, 2.75) is 32.9 Å². The van der Waals surface area contributed by atoms with Gasteiger partial charge in [0.25, 0.3) is 0 Å². The van der Waals surface area contributed by atoms with Gasteiger partial charge in [0.2, 0.25) is 0 Å². The van der Waals surface area contributed by atoms with Crippen LogP contribution in [0.15, 0.2) is 41.5 Å². The number of anilines is 2. The van der Waals surface area contributed by atoms with Crippen molar-refractivity contribution in [1.82, 2.24) is 15.6 Å². The summed E-state index contributed by atoms with van der Waals surface area (Å²) in [6, 6.07) is 10.5. The lowest BCUT2D eigenvalue weighted by Gasteiger charge is -2.22. The molecule has 0 aliphatic carbocycles. The van der Waals surface area contributed by atoms with Crippen molar-refractivity contribution in [2.75, 3.05) is 57.2 Å². The second-order valence-electron chi connectivity index (χ2n) is 7.77. The zero-order chi connectivity index (χ0) is 22.9. The molecule has 0 spiro atoms. The second kappa shape index (κ2) is 13.3. The number of hydrogen-bond acceptors (Lipinski definition) is 6. The van der Waals surface area contributed by atoms with Crippen LogP contribution in [0.4, 0.5) is 11.5 Å². The quantitative estimate of drug-likeness (QED) is 0.273. The van der Waals surface area contributed by atoms with Crippen LogP contribution in [-0.2, 0) is 6.54 Å². The Balaban J connectivity index is 0.00000385. The van der Waals surface area contributed by atoms with Crippen LogP contribution in [0.3, 0.4) is 0 Å². The van der Waals surface area contributed by atoms with E-state index in [4.69, 9.17) is 9.47 Å². The fourth-order valence-corrected chi connectivity index (χ4v) is 3.92. The lowest BCUT2D eigenvalue weighted by Crippen LogP contribution is -2.44. The number of nitrogens with one attached hydrogen (secondary N) is 2. The van der Waals surface area contributed by atoms with Gasteiger partial charge in [-0.1, -0.05) is 6.07 Å². The first-order chi connectivity index (χ1) is 15.6. The van der Waals surface area contributed by atoms with Gasteiger partial charge in [0.15, 0.2) is 5.96 Å². The van der Waals surface area contributed by atoms with Crippen molar-refractivity contribution in [3.05, 3.63) is 42.1 Å². The molecule has 1 aromatic heterocycles. The van der Waals surface area contributed by atoms with E-state index in [9.17, 15) is 0 Å². The summed E-state index contributed by atoms with van der Waals surface area (Å²) in [5.41, 5.74) is 2.23. The summed E-state index contributed by atoms with van der Waals surface area (Å²) in [6.07, 6.45) is 2.96. The normalized spacial score (nSPS) is 15.6. The van der Waals surface area contributed by atoms with Gasteiger partial charge in [-0.25, -0.2) is 4.98 Å². The molecule has 1 unspecified atom stereocenters. The molecule has 9 heteroatoms. The van der Waals surface area contributed by atoms with Gasteiger partial charge in [0.05, 0.1) is 14.2 Å². The summed E-state index contributed by atoms with van der Waals surface area (Å²) >= 11 is 0. The summed E-state index contributed by atoms with van der Waals surface area (Å²) < 4.78 is 10.8. The molecule has 1 saturated heterocycles. The van der Waals surface area contributed by atoms with Gasteiger partial charge in [0, 0.05) is 75.9 Å². The number of pyridine rings is 1. The van der Waals surface area contributed by atoms with Crippen LogP contribution in [-0.4, -0.2) is 64.4 Å². The largest absolute Gasteiger partial charge is 0.497 e. The molecule has 0 radical (unpaired) electrons. The number of benzene rings is 1. The number of ether oxygens (including phenoxy) is 2. The van der Waals surface area contributed by atoms with E-state index in [2.05, 4.69) is 56.4 Å². The number of halogens is 1. The average Bonchev–Trinajstić information content (AvgIpc) is 3.31. The van der Waals surface area contributed by atoms with Crippen LogP contribution >= 0.6 is 24.0 Å². The van der Waals surface area contributed by atoms with E-state index in [1.165, 1.54) is 0 Å². The molecule has 0 saturated carbocycles. The number of nitrogens with zero attached hydrogens (tertiary/aromatic N) is 4. The molecular formula is C24H37IN6O2. The molecule has 1 aromatic carbocycles. The first-order valence-corrected chi connectivity index (χ1v) is 11.2. The van der Waals surface area contributed by atoms with E-state index < -0.39 is 0 Å². The third-order valence-corrected chi connectivity index (χ3v) is 5.81. The Morgan fingerprint density at radius 2 is 1.85 bits per heavy atom. The lowest BCUT2D eigenvalue weighted by atomic mass is 10.2. The predicted octanol–water partition coefficient (Wildman–Crippen LogP) is 3.51. The molecule has 2 aromatic rings. The first kappa shape index (κ1) is 26.8. The summed E-state index contributed by atoms with van der Waals surface area (Å²) in [4.78, 5) is 13.6. The Hall–Kier alpha value is -2.43. The number of aromatic nitrogens is 1. The molecule has 1 atom stereocenters. The topological polar surface area (TPSA) is 74.2 Å². The molecule has 2 heterocycles. The Kier molecular flexibility index (Phi) is 10.8. The van der Waals surface area contributed by atoms with Crippen molar-refractivity contribution in [1.29, 1.82) is 0 Å². The number of hydrogen-bond donors (Lipinski definition) is 2. The fourth-order valence-electron chi connectivity index (χ4n) is 3.92. The number of methoxy groups -OCH3 is 2. The van der Waals surface area contributed by atoms with Crippen LogP contribution in [0.25, 0.3) is 0 Å². The van der Waals surface area contributed by atoms with Gasteiger partial charge in [-0.3, -0.25) is 4.99 Å². The number of guanidine groups is 1. The van der Waals surface area contributed by atoms with E-state index in [1.807, 2.05) is 24.4 Å². The summed E-state index contributed by atoms with van der Waals surface area (Å²) in [5, 5.41) is 6.95. The van der Waals surface area contributed by atoms with Gasteiger partial charge < -0.3 is 29.9 Å². The zero-order valence-corrected chi connectivity index (χ0v) is 22.6. The van der Waals surface area contributed by atoms with Gasteiger partial charge in [0.1, 0.15) is 17.3 Å². The van der Waals surface area contributed by atoms with E-state index in [0.29, 0.717) is 12.6 Å². The van der Waals surface area contributed by atoms with Crippen LogP contribution in [0.2, 0.25) is 0 Å². The van der Waals surface area contributed by atoms with Gasteiger partial charge in [-0.05, 0) is 31.9 Å². The molecule has 182 valence electrons. The highest BCUT2D eigenvalue weighted by atomic mass is 127. The monoisotopic (exact) mass is 568 g/mol. The minimum Gasteiger partial charge on any atom is -0.497 e. The highest BCUT2D eigenvalue weighted by Crippen LogP contribution is 2.30. The third kappa shape index (κ3) is 7.28. The van der Waals surface area contributed by atoms with E-state index in [0.717, 1.165) is 67.1 Å². The summed E-state index contributed by atoms with van der Waals surface area (Å²) in [6.45, 7) is 8.72. The minimum atomic E-state index is 0. The molecular weight excluding hydrogens is 531 g/mol. The molecule has 1 aliphatic rings. The van der Waals surface area contributed by atoms with E-state index in [1.54, 1.807) is 21.3 Å². The van der Waals surface area contributed by atoms with Crippen molar-refractivity contribution < 1.29 is 9.47 Å². The molecule has 33 heavy (non-hydrogen) atoms. The molecule has 2 N–H and O–H groups in total. The van der Waals surface area contributed by atoms with E-state index >= 15 is 0 Å². The lowest BCUT2D eigenvalue weighted by molar-refractivity contribution is 0.394. The second-order valence-corrected chi connectivity index (χ2v) is 7.77. The van der Waals surface area contributed by atoms with Crippen molar-refractivity contribution in [3.63, 3.8) is 0 Å².